The van der Waals surface area contributed by atoms with E-state index in [1.165, 1.54) is 29.0 Å². The summed E-state index contributed by atoms with van der Waals surface area (Å²) in [6.45, 7) is 4.10. The van der Waals surface area contributed by atoms with Crippen molar-refractivity contribution >= 4 is 22.9 Å². The second-order valence-electron chi connectivity index (χ2n) is 5.82. The Labute approximate surface area is 128 Å². The summed E-state index contributed by atoms with van der Waals surface area (Å²) < 4.78 is 13.3. The predicted octanol–water partition coefficient (Wildman–Crippen LogP) is 4.57. The van der Waals surface area contributed by atoms with Crippen molar-refractivity contribution in [3.05, 3.63) is 51.0 Å². The first kappa shape index (κ1) is 14.3. The van der Waals surface area contributed by atoms with E-state index >= 15 is 0 Å². The van der Waals surface area contributed by atoms with Crippen molar-refractivity contribution < 1.29 is 9.18 Å². The van der Waals surface area contributed by atoms with E-state index in [0.29, 0.717) is 11.6 Å². The Balaban J connectivity index is 1.81. The minimum absolute atomic E-state index is 0.143. The number of hydrogen-bond donors (Lipinski definition) is 1. The maximum absolute atomic E-state index is 13.3. The Morgan fingerprint density at radius 2 is 2.19 bits per heavy atom. The van der Waals surface area contributed by atoms with Crippen molar-refractivity contribution in [3.8, 4) is 0 Å². The molecule has 0 aliphatic heterocycles. The maximum atomic E-state index is 13.3. The molecule has 0 radical (unpaired) electrons. The van der Waals surface area contributed by atoms with Gasteiger partial charge in [-0.15, -0.1) is 11.3 Å². The number of fused-ring (bicyclic) bond motifs is 1. The van der Waals surface area contributed by atoms with Crippen LogP contribution in [0.15, 0.2) is 24.3 Å². The van der Waals surface area contributed by atoms with Crippen LogP contribution in [0.1, 0.15) is 39.0 Å². The average Bonchev–Trinajstić information content (AvgIpc) is 2.86. The van der Waals surface area contributed by atoms with E-state index in [2.05, 4.69) is 12.2 Å². The third kappa shape index (κ3) is 3.00. The first-order valence-corrected chi connectivity index (χ1v) is 8.03. The van der Waals surface area contributed by atoms with Crippen LogP contribution in [0.5, 0.6) is 0 Å². The number of hydrogen-bond acceptors (Lipinski definition) is 2. The zero-order valence-corrected chi connectivity index (χ0v) is 13.0. The van der Waals surface area contributed by atoms with Gasteiger partial charge in [-0.2, -0.15) is 0 Å². The maximum Gasteiger partial charge on any atom is 0.265 e. The zero-order valence-electron chi connectivity index (χ0n) is 12.2. The molecule has 4 heteroatoms. The van der Waals surface area contributed by atoms with Gasteiger partial charge in [-0.3, -0.25) is 4.79 Å². The molecular weight excluding hydrogens is 285 g/mol. The van der Waals surface area contributed by atoms with Gasteiger partial charge >= 0.3 is 0 Å². The minimum atomic E-state index is -0.338. The summed E-state index contributed by atoms with van der Waals surface area (Å²) in [5, 5.41) is 2.82. The Morgan fingerprint density at radius 1 is 1.38 bits per heavy atom. The van der Waals surface area contributed by atoms with Gasteiger partial charge in [0.05, 0.1) is 4.88 Å². The first-order chi connectivity index (χ1) is 10.0. The number of anilines is 1. The molecule has 0 saturated carbocycles. The highest BCUT2D eigenvalue weighted by atomic mass is 32.1. The predicted molar refractivity (Wildman–Crippen MR) is 84.6 cm³/mol. The van der Waals surface area contributed by atoms with Gasteiger partial charge in [-0.1, -0.05) is 13.0 Å². The van der Waals surface area contributed by atoms with E-state index < -0.39 is 0 Å². The number of amides is 1. The van der Waals surface area contributed by atoms with Crippen molar-refractivity contribution in [2.24, 2.45) is 5.92 Å². The van der Waals surface area contributed by atoms with Gasteiger partial charge in [0.25, 0.3) is 5.91 Å². The third-order valence-electron chi connectivity index (χ3n) is 4.00. The quantitative estimate of drug-likeness (QED) is 0.865. The molecule has 21 heavy (non-hydrogen) atoms. The minimum Gasteiger partial charge on any atom is -0.321 e. The summed E-state index contributed by atoms with van der Waals surface area (Å²) in [5.74, 6) is 0.208. The molecule has 0 bridgehead atoms. The van der Waals surface area contributed by atoms with E-state index in [1.54, 1.807) is 17.4 Å². The Kier molecular flexibility index (Phi) is 3.81. The molecule has 1 amide bonds. The lowest BCUT2D eigenvalue weighted by atomic mass is 9.90. The number of thiophene rings is 1. The van der Waals surface area contributed by atoms with Crippen LogP contribution in [0, 0.1) is 18.7 Å². The average molecular weight is 303 g/mol. The van der Waals surface area contributed by atoms with Gasteiger partial charge < -0.3 is 5.32 Å². The molecule has 0 fully saturated rings. The second kappa shape index (κ2) is 5.60. The molecule has 0 saturated heterocycles. The molecule has 1 aliphatic carbocycles. The fourth-order valence-electron chi connectivity index (χ4n) is 2.73. The molecule has 1 aliphatic rings. The molecule has 2 aromatic rings. The highest BCUT2D eigenvalue weighted by Crippen LogP contribution is 2.32. The van der Waals surface area contributed by atoms with E-state index in [4.69, 9.17) is 0 Å². The molecule has 1 aromatic carbocycles. The number of aryl methyl sites for hydroxylation is 2. The SMILES string of the molecule is Cc1ccc(F)cc1NC(=O)c1cc2c(s1)CC[C@H](C)C2. The standard InChI is InChI=1S/C17H18FNOS/c1-10-3-6-15-12(7-10)8-16(21-15)17(20)19-14-9-13(18)5-4-11(14)2/h4-5,8-10H,3,6-7H2,1-2H3,(H,19,20)/t10-/m0/s1. The number of benzene rings is 1. The van der Waals surface area contributed by atoms with Crippen molar-refractivity contribution in [1.29, 1.82) is 0 Å². The van der Waals surface area contributed by atoms with Crippen LogP contribution in [0.2, 0.25) is 0 Å². The largest absolute Gasteiger partial charge is 0.321 e. The first-order valence-electron chi connectivity index (χ1n) is 7.22. The Morgan fingerprint density at radius 3 is 3.00 bits per heavy atom. The van der Waals surface area contributed by atoms with Crippen LogP contribution in [-0.4, -0.2) is 5.91 Å². The molecule has 3 rings (SSSR count). The highest BCUT2D eigenvalue weighted by molar-refractivity contribution is 7.14. The number of nitrogens with one attached hydrogen (secondary N) is 1. The molecule has 0 unspecified atom stereocenters. The second-order valence-corrected chi connectivity index (χ2v) is 6.96. The highest BCUT2D eigenvalue weighted by Gasteiger charge is 2.21. The van der Waals surface area contributed by atoms with Gasteiger partial charge in [-0.05, 0) is 61.4 Å². The van der Waals surface area contributed by atoms with Gasteiger partial charge in [0.2, 0.25) is 0 Å². The van der Waals surface area contributed by atoms with E-state index in [9.17, 15) is 9.18 Å². The normalized spacial score (nSPS) is 17.4. The van der Waals surface area contributed by atoms with Gasteiger partial charge in [0.1, 0.15) is 5.82 Å². The lowest BCUT2D eigenvalue weighted by molar-refractivity contribution is 0.103. The van der Waals surface area contributed by atoms with E-state index in [-0.39, 0.29) is 11.7 Å². The summed E-state index contributed by atoms with van der Waals surface area (Å²) in [6, 6.07) is 6.44. The summed E-state index contributed by atoms with van der Waals surface area (Å²) in [4.78, 5) is 14.4. The zero-order chi connectivity index (χ0) is 15.0. The molecule has 0 spiro atoms. The van der Waals surface area contributed by atoms with E-state index in [1.807, 2.05) is 13.0 Å². The molecule has 1 N–H and O–H groups in total. The summed E-state index contributed by atoms with van der Waals surface area (Å²) in [6.07, 6.45) is 3.31. The summed E-state index contributed by atoms with van der Waals surface area (Å²) >= 11 is 1.57. The van der Waals surface area contributed by atoms with Crippen molar-refractivity contribution in [2.45, 2.75) is 33.1 Å². The number of carbonyl (C=O) groups excluding carboxylic acids is 1. The lowest BCUT2D eigenvalue weighted by Gasteiger charge is -2.16. The Hall–Kier alpha value is -1.68. The number of halogens is 1. The summed E-state index contributed by atoms with van der Waals surface area (Å²) in [5.41, 5.74) is 2.71. The van der Waals surface area contributed by atoms with Crippen LogP contribution in [0.3, 0.4) is 0 Å². The smallest absolute Gasteiger partial charge is 0.265 e. The van der Waals surface area contributed by atoms with Crippen molar-refractivity contribution in [2.75, 3.05) is 5.32 Å². The molecule has 1 aromatic heterocycles. The van der Waals surface area contributed by atoms with Crippen LogP contribution in [0.25, 0.3) is 0 Å². The van der Waals surface area contributed by atoms with Gasteiger partial charge in [0.15, 0.2) is 0 Å². The van der Waals surface area contributed by atoms with Crippen LogP contribution >= 0.6 is 11.3 Å². The molecular formula is C17H18FNOS. The lowest BCUT2D eigenvalue weighted by Crippen LogP contribution is -2.11. The molecule has 2 nitrogen and oxygen atoms in total. The van der Waals surface area contributed by atoms with E-state index in [0.717, 1.165) is 23.3 Å². The van der Waals surface area contributed by atoms with Gasteiger partial charge in [0, 0.05) is 10.6 Å². The summed E-state index contributed by atoms with van der Waals surface area (Å²) in [7, 11) is 0. The number of rotatable bonds is 2. The molecule has 110 valence electrons. The monoisotopic (exact) mass is 303 g/mol. The topological polar surface area (TPSA) is 29.1 Å². The van der Waals surface area contributed by atoms with Gasteiger partial charge in [-0.25, -0.2) is 4.39 Å². The van der Waals surface area contributed by atoms with Crippen molar-refractivity contribution in [1.82, 2.24) is 0 Å². The Bertz CT molecular complexity index is 692. The fraction of sp³-hybridized carbons (Fsp3) is 0.353. The van der Waals surface area contributed by atoms with Crippen LogP contribution in [0.4, 0.5) is 10.1 Å². The van der Waals surface area contributed by atoms with Crippen LogP contribution < -0.4 is 5.32 Å². The van der Waals surface area contributed by atoms with Crippen LogP contribution in [-0.2, 0) is 12.8 Å². The molecule has 1 heterocycles. The third-order valence-corrected chi connectivity index (χ3v) is 5.24. The number of carbonyl (C=O) groups is 1. The molecule has 1 atom stereocenters. The van der Waals surface area contributed by atoms with Crippen molar-refractivity contribution in [3.63, 3.8) is 0 Å². The fourth-order valence-corrected chi connectivity index (χ4v) is 3.83.